The Hall–Kier alpha value is -2.08. The van der Waals surface area contributed by atoms with Gasteiger partial charge in [0.1, 0.15) is 0 Å². The fourth-order valence-corrected chi connectivity index (χ4v) is 3.57. The number of rotatable bonds is 4. The van der Waals surface area contributed by atoms with Gasteiger partial charge in [-0.2, -0.15) is 0 Å². The lowest BCUT2D eigenvalue weighted by atomic mass is 10.0. The largest absolute Gasteiger partial charge is 0.343 e. The highest BCUT2D eigenvalue weighted by atomic mass is 35.5. The van der Waals surface area contributed by atoms with Crippen molar-refractivity contribution in [2.45, 2.75) is 38.6 Å². The molecule has 25 heavy (non-hydrogen) atoms. The van der Waals surface area contributed by atoms with Gasteiger partial charge in [0.25, 0.3) is 0 Å². The van der Waals surface area contributed by atoms with Crippen LogP contribution in [0.2, 0.25) is 5.02 Å². The normalized spacial score (nSPS) is 18.6. The summed E-state index contributed by atoms with van der Waals surface area (Å²) in [6, 6.07) is 5.41. The average molecular weight is 364 g/mol. The number of urea groups is 1. The molecule has 0 atom stereocenters. The first-order chi connectivity index (χ1) is 12.0. The zero-order chi connectivity index (χ0) is 18.0. The highest BCUT2D eigenvalue weighted by Gasteiger charge is 2.37. The van der Waals surface area contributed by atoms with Gasteiger partial charge in [0.2, 0.25) is 11.8 Å². The first kappa shape index (κ1) is 17.7. The Labute approximate surface area is 152 Å². The Morgan fingerprint density at radius 3 is 2.60 bits per heavy atom. The van der Waals surface area contributed by atoms with E-state index in [9.17, 15) is 14.4 Å². The molecule has 0 aromatic heterocycles. The van der Waals surface area contributed by atoms with Crippen LogP contribution in [0, 0.1) is 6.92 Å². The third-order valence-electron chi connectivity index (χ3n) is 4.91. The first-order valence-electron chi connectivity index (χ1n) is 8.58. The Kier molecular flexibility index (Phi) is 5.27. The predicted octanol–water partition coefficient (Wildman–Crippen LogP) is 2.12. The minimum Gasteiger partial charge on any atom is -0.343 e. The molecule has 0 unspecified atom stereocenters. The lowest BCUT2D eigenvalue weighted by molar-refractivity contribution is -0.133. The Morgan fingerprint density at radius 2 is 2.00 bits per heavy atom. The van der Waals surface area contributed by atoms with Gasteiger partial charge in [0.05, 0.1) is 6.54 Å². The molecule has 3 rings (SSSR count). The van der Waals surface area contributed by atoms with Crippen molar-refractivity contribution in [3.05, 3.63) is 34.3 Å². The number of aryl methyl sites for hydroxylation is 2. The van der Waals surface area contributed by atoms with E-state index < -0.39 is 0 Å². The smallest absolute Gasteiger partial charge is 0.324 e. The molecular weight excluding hydrogens is 342 g/mol. The molecule has 2 heterocycles. The van der Waals surface area contributed by atoms with Gasteiger partial charge < -0.3 is 10.2 Å². The molecule has 0 saturated carbocycles. The van der Waals surface area contributed by atoms with Gasteiger partial charge >= 0.3 is 6.03 Å². The molecule has 0 bridgehead atoms. The molecule has 0 spiro atoms. The van der Waals surface area contributed by atoms with Gasteiger partial charge in [-0.25, -0.2) is 4.79 Å². The number of likely N-dealkylation sites (tertiary alicyclic amines) is 1. The molecule has 0 radical (unpaired) electrons. The summed E-state index contributed by atoms with van der Waals surface area (Å²) < 4.78 is 0. The van der Waals surface area contributed by atoms with Crippen LogP contribution in [0.4, 0.5) is 4.79 Å². The summed E-state index contributed by atoms with van der Waals surface area (Å²) in [5.74, 6) is -0.0591. The van der Waals surface area contributed by atoms with E-state index >= 15 is 0 Å². The molecule has 1 N–H and O–H groups in total. The maximum atomic E-state index is 12.4. The minimum atomic E-state index is -0.312. The van der Waals surface area contributed by atoms with Crippen molar-refractivity contribution in [2.24, 2.45) is 0 Å². The summed E-state index contributed by atoms with van der Waals surface area (Å²) in [6.45, 7) is 3.20. The van der Waals surface area contributed by atoms with Gasteiger partial charge in [-0.15, -0.1) is 0 Å². The quantitative estimate of drug-likeness (QED) is 0.833. The van der Waals surface area contributed by atoms with Crippen molar-refractivity contribution in [1.29, 1.82) is 0 Å². The SMILES string of the molecule is Cc1cc(CCC(=O)N2CCC(N3C(=O)CNC3=O)CC2)ccc1Cl. The predicted molar refractivity (Wildman–Crippen MR) is 94.4 cm³/mol. The molecule has 0 aliphatic carbocycles. The molecule has 2 aliphatic heterocycles. The number of nitrogens with one attached hydrogen (secondary N) is 1. The van der Waals surface area contributed by atoms with Gasteiger partial charge in [0, 0.05) is 30.6 Å². The number of carbonyl (C=O) groups excluding carboxylic acids is 3. The number of amides is 4. The van der Waals surface area contributed by atoms with Crippen LogP contribution in [-0.2, 0) is 16.0 Å². The molecule has 6 nitrogen and oxygen atoms in total. The second-order valence-electron chi connectivity index (χ2n) is 6.62. The van der Waals surface area contributed by atoms with Crippen LogP contribution in [0.5, 0.6) is 0 Å². The molecule has 2 fully saturated rings. The van der Waals surface area contributed by atoms with E-state index in [4.69, 9.17) is 11.6 Å². The minimum absolute atomic E-state index is 0.0818. The Balaban J connectivity index is 1.49. The number of benzene rings is 1. The van der Waals surface area contributed by atoms with Crippen LogP contribution in [-0.4, -0.2) is 53.3 Å². The van der Waals surface area contributed by atoms with Crippen molar-refractivity contribution in [1.82, 2.24) is 15.1 Å². The van der Waals surface area contributed by atoms with Crippen molar-refractivity contribution < 1.29 is 14.4 Å². The highest BCUT2D eigenvalue weighted by molar-refractivity contribution is 6.31. The number of hydrogen-bond donors (Lipinski definition) is 1. The third kappa shape index (κ3) is 3.95. The molecule has 1 aromatic rings. The number of carbonyl (C=O) groups is 3. The second kappa shape index (κ2) is 7.44. The van der Waals surface area contributed by atoms with E-state index in [0.717, 1.165) is 16.1 Å². The topological polar surface area (TPSA) is 69.7 Å². The monoisotopic (exact) mass is 363 g/mol. The number of halogens is 1. The average Bonchev–Trinajstić information content (AvgIpc) is 2.94. The summed E-state index contributed by atoms with van der Waals surface area (Å²) in [5, 5.41) is 3.28. The van der Waals surface area contributed by atoms with Gasteiger partial charge in [0.15, 0.2) is 0 Å². The Morgan fingerprint density at radius 1 is 1.28 bits per heavy atom. The van der Waals surface area contributed by atoms with Crippen molar-refractivity contribution in [2.75, 3.05) is 19.6 Å². The van der Waals surface area contributed by atoms with E-state index in [1.165, 1.54) is 4.90 Å². The highest BCUT2D eigenvalue weighted by Crippen LogP contribution is 2.21. The van der Waals surface area contributed by atoms with Crippen molar-refractivity contribution in [3.8, 4) is 0 Å². The van der Waals surface area contributed by atoms with Crippen LogP contribution in [0.15, 0.2) is 18.2 Å². The van der Waals surface area contributed by atoms with Crippen LogP contribution in [0.1, 0.15) is 30.4 Å². The van der Waals surface area contributed by atoms with Crippen molar-refractivity contribution >= 4 is 29.4 Å². The molecule has 7 heteroatoms. The maximum absolute atomic E-state index is 12.4. The van der Waals surface area contributed by atoms with Crippen LogP contribution < -0.4 is 5.32 Å². The second-order valence-corrected chi connectivity index (χ2v) is 7.03. The molecule has 2 aliphatic rings. The fraction of sp³-hybridized carbons (Fsp3) is 0.500. The summed E-state index contributed by atoms with van der Waals surface area (Å²) in [7, 11) is 0. The lowest BCUT2D eigenvalue weighted by Gasteiger charge is -2.35. The van der Waals surface area contributed by atoms with Gasteiger partial charge in [-0.05, 0) is 43.4 Å². The molecule has 2 saturated heterocycles. The van der Waals surface area contributed by atoms with Crippen LogP contribution in [0.25, 0.3) is 0 Å². The van der Waals surface area contributed by atoms with E-state index in [-0.39, 0.29) is 30.4 Å². The fourth-order valence-electron chi connectivity index (χ4n) is 3.45. The number of imide groups is 1. The zero-order valence-electron chi connectivity index (χ0n) is 14.3. The van der Waals surface area contributed by atoms with Gasteiger partial charge in [-0.1, -0.05) is 23.7 Å². The summed E-state index contributed by atoms with van der Waals surface area (Å²) >= 11 is 6.02. The number of hydrogen-bond acceptors (Lipinski definition) is 3. The standard InChI is InChI=1S/C18H22ClN3O3/c1-12-10-13(2-4-15(12)19)3-5-16(23)21-8-6-14(7-9-21)22-17(24)11-20-18(22)25/h2,4,10,14H,3,5-9,11H2,1H3,(H,20,25). The molecule has 134 valence electrons. The number of nitrogens with zero attached hydrogens (tertiary/aromatic N) is 2. The van der Waals surface area contributed by atoms with E-state index in [1.54, 1.807) is 0 Å². The van der Waals surface area contributed by atoms with E-state index in [2.05, 4.69) is 5.32 Å². The summed E-state index contributed by atoms with van der Waals surface area (Å²) in [6.07, 6.45) is 2.43. The summed E-state index contributed by atoms with van der Waals surface area (Å²) in [4.78, 5) is 39.0. The molecule has 4 amide bonds. The first-order valence-corrected chi connectivity index (χ1v) is 8.96. The molecular formula is C18H22ClN3O3. The maximum Gasteiger partial charge on any atom is 0.324 e. The third-order valence-corrected chi connectivity index (χ3v) is 5.33. The van der Waals surface area contributed by atoms with Gasteiger partial charge in [-0.3, -0.25) is 14.5 Å². The van der Waals surface area contributed by atoms with E-state index in [0.29, 0.717) is 38.8 Å². The lowest BCUT2D eigenvalue weighted by Crippen LogP contribution is -2.49. The van der Waals surface area contributed by atoms with Crippen molar-refractivity contribution in [3.63, 3.8) is 0 Å². The van der Waals surface area contributed by atoms with E-state index in [1.807, 2.05) is 30.0 Å². The number of piperidine rings is 1. The molecule has 1 aromatic carbocycles. The van der Waals surface area contributed by atoms with Crippen LogP contribution in [0.3, 0.4) is 0 Å². The summed E-state index contributed by atoms with van der Waals surface area (Å²) in [5.41, 5.74) is 2.12. The van der Waals surface area contributed by atoms with Crippen LogP contribution >= 0.6 is 11.6 Å². The zero-order valence-corrected chi connectivity index (χ0v) is 15.0. The Bertz CT molecular complexity index is 683.